The van der Waals surface area contributed by atoms with Crippen LogP contribution in [0.4, 0.5) is 8.78 Å². The fraction of sp³-hybridized carbons (Fsp3) is 0.476. The lowest BCUT2D eigenvalue weighted by Crippen LogP contribution is -2.63. The van der Waals surface area contributed by atoms with Crippen LogP contribution in [0.25, 0.3) is 11.2 Å². The second-order valence-electron chi connectivity index (χ2n) is 8.58. The third kappa shape index (κ3) is 4.31. The number of hydrogen-bond donors (Lipinski definition) is 0. The Labute approximate surface area is 186 Å². The van der Waals surface area contributed by atoms with Gasteiger partial charge in [-0.1, -0.05) is 0 Å². The molecule has 4 rings (SSSR count). The Hall–Kier alpha value is -2.66. The fourth-order valence-electron chi connectivity index (χ4n) is 4.50. The molecule has 8 nitrogen and oxygen atoms in total. The largest absolute Gasteiger partial charge is 0.374 e. The molecule has 2 aliphatic heterocycles. The van der Waals surface area contributed by atoms with E-state index < -0.39 is 16.4 Å². The summed E-state index contributed by atoms with van der Waals surface area (Å²) >= 11 is 0. The van der Waals surface area contributed by atoms with E-state index in [1.54, 1.807) is 12.4 Å². The first kappa shape index (κ1) is 22.5. The van der Waals surface area contributed by atoms with Crippen LogP contribution < -0.4 is 0 Å². The molecule has 2 saturated heterocycles. The van der Waals surface area contributed by atoms with Crippen LogP contribution >= 0.6 is 0 Å². The van der Waals surface area contributed by atoms with Gasteiger partial charge in [-0.2, -0.15) is 5.10 Å². The monoisotopic (exact) mass is 464 g/mol. The SMILES string of the molecule is C=N/C=C(\C=C(/C)N1CCCC2(C1)CN(S(C)(=O)=O)C2)c1cnc2ccc(C(F)F)nn12. The van der Waals surface area contributed by atoms with Crippen molar-refractivity contribution < 1.29 is 17.2 Å². The predicted octanol–water partition coefficient (Wildman–Crippen LogP) is 2.97. The molecule has 2 aliphatic rings. The van der Waals surface area contributed by atoms with E-state index in [1.807, 2.05) is 13.0 Å². The standard InChI is InChI=1S/C21H26F2N6O2S/c1-15(27-8-4-7-21(12-27)13-28(14-21)32(3,30)31)9-16(10-24-2)18-11-25-19-6-5-17(20(22)23)26-29(18)19/h5-6,9-11,20H,2,4,7-8,12-14H2,1,3H3/b15-9+,16-10+. The molecule has 0 radical (unpaired) electrons. The molecule has 0 N–H and O–H groups in total. The molecule has 0 unspecified atom stereocenters. The molecular formula is C21H26F2N6O2S. The zero-order chi connectivity index (χ0) is 23.1. The van der Waals surface area contributed by atoms with Crippen LogP contribution in [0.3, 0.4) is 0 Å². The first-order valence-corrected chi connectivity index (χ1v) is 12.1. The number of allylic oxidation sites excluding steroid dienone is 3. The summed E-state index contributed by atoms with van der Waals surface area (Å²) < 4.78 is 52.8. The summed E-state index contributed by atoms with van der Waals surface area (Å²) in [5.41, 5.74) is 2.24. The van der Waals surface area contributed by atoms with Crippen LogP contribution in [0.5, 0.6) is 0 Å². The van der Waals surface area contributed by atoms with Gasteiger partial charge < -0.3 is 4.90 Å². The van der Waals surface area contributed by atoms with Crippen LogP contribution in [0.1, 0.15) is 37.6 Å². The van der Waals surface area contributed by atoms with Crippen molar-refractivity contribution in [3.05, 3.63) is 47.7 Å². The maximum absolute atomic E-state index is 13.1. The summed E-state index contributed by atoms with van der Waals surface area (Å²) in [5.74, 6) is 0. The predicted molar refractivity (Wildman–Crippen MR) is 119 cm³/mol. The number of piperidine rings is 1. The van der Waals surface area contributed by atoms with Gasteiger partial charge >= 0.3 is 0 Å². The number of imidazole rings is 1. The Morgan fingerprint density at radius 3 is 2.72 bits per heavy atom. The number of rotatable bonds is 6. The third-order valence-corrected chi connectivity index (χ3v) is 7.35. The Balaban J connectivity index is 1.60. The minimum Gasteiger partial charge on any atom is -0.374 e. The molecule has 2 fully saturated rings. The zero-order valence-electron chi connectivity index (χ0n) is 18.1. The summed E-state index contributed by atoms with van der Waals surface area (Å²) in [6.45, 7) is 8.21. The van der Waals surface area contributed by atoms with E-state index in [0.717, 1.165) is 31.6 Å². The molecule has 0 atom stereocenters. The number of hydrogen-bond acceptors (Lipinski definition) is 6. The van der Waals surface area contributed by atoms with Crippen molar-refractivity contribution in [1.82, 2.24) is 23.8 Å². The van der Waals surface area contributed by atoms with E-state index in [-0.39, 0.29) is 11.1 Å². The van der Waals surface area contributed by atoms with Crippen molar-refractivity contribution in [3.8, 4) is 0 Å². The van der Waals surface area contributed by atoms with Crippen LogP contribution in [0.15, 0.2) is 41.3 Å². The molecule has 2 aromatic heterocycles. The van der Waals surface area contributed by atoms with Crippen molar-refractivity contribution >= 4 is 28.0 Å². The number of halogens is 2. The second kappa shape index (κ2) is 8.36. The van der Waals surface area contributed by atoms with E-state index in [9.17, 15) is 17.2 Å². The number of nitrogens with zero attached hydrogens (tertiary/aromatic N) is 6. The van der Waals surface area contributed by atoms with Crippen molar-refractivity contribution in [2.45, 2.75) is 26.2 Å². The molecule has 4 heterocycles. The third-order valence-electron chi connectivity index (χ3n) is 6.15. The number of likely N-dealkylation sites (tertiary alicyclic amines) is 1. The molecule has 32 heavy (non-hydrogen) atoms. The number of fused-ring (bicyclic) bond motifs is 1. The minimum atomic E-state index is -3.16. The Kier molecular flexibility index (Phi) is 5.89. The first-order valence-electron chi connectivity index (χ1n) is 10.3. The lowest BCUT2D eigenvalue weighted by atomic mass is 9.74. The lowest BCUT2D eigenvalue weighted by molar-refractivity contribution is 0.00237. The van der Waals surface area contributed by atoms with E-state index >= 15 is 0 Å². The highest BCUT2D eigenvalue weighted by atomic mass is 32.2. The maximum atomic E-state index is 13.1. The minimum absolute atomic E-state index is 0.0337. The number of sulfonamides is 1. The van der Waals surface area contributed by atoms with Crippen molar-refractivity contribution in [2.24, 2.45) is 10.4 Å². The van der Waals surface area contributed by atoms with E-state index in [2.05, 4.69) is 26.7 Å². The molecule has 172 valence electrons. The first-order chi connectivity index (χ1) is 15.1. The number of aromatic nitrogens is 3. The normalized spacial score (nSPS) is 20.2. The van der Waals surface area contributed by atoms with Crippen molar-refractivity contribution in [2.75, 3.05) is 32.4 Å². The Bertz CT molecular complexity index is 1200. The maximum Gasteiger partial charge on any atom is 0.282 e. The van der Waals surface area contributed by atoms with Gasteiger partial charge in [0.15, 0.2) is 5.65 Å². The van der Waals surface area contributed by atoms with Gasteiger partial charge in [-0.15, -0.1) is 0 Å². The summed E-state index contributed by atoms with van der Waals surface area (Å²) in [7, 11) is -3.16. The van der Waals surface area contributed by atoms with Gasteiger partial charge in [-0.3, -0.25) is 4.99 Å². The molecule has 1 spiro atoms. The topological polar surface area (TPSA) is 83.2 Å². The van der Waals surface area contributed by atoms with Gasteiger partial charge in [0.2, 0.25) is 10.0 Å². The molecule has 0 aliphatic carbocycles. The Morgan fingerprint density at radius 2 is 2.06 bits per heavy atom. The molecule has 0 aromatic carbocycles. The molecular weight excluding hydrogens is 438 g/mol. The molecule has 0 saturated carbocycles. The number of aliphatic imine (C=N–C) groups is 1. The summed E-state index contributed by atoms with van der Waals surface area (Å²) in [6.07, 6.45) is 5.57. The fourth-order valence-corrected chi connectivity index (χ4v) is 5.51. The van der Waals surface area contributed by atoms with Crippen LogP contribution in [0.2, 0.25) is 0 Å². The zero-order valence-corrected chi connectivity index (χ0v) is 18.9. The second-order valence-corrected chi connectivity index (χ2v) is 10.6. The lowest BCUT2D eigenvalue weighted by Gasteiger charge is -2.54. The quantitative estimate of drug-likeness (QED) is 0.485. The van der Waals surface area contributed by atoms with Crippen LogP contribution in [0, 0.1) is 5.41 Å². The molecule has 0 bridgehead atoms. The van der Waals surface area contributed by atoms with Gasteiger partial charge in [0.1, 0.15) is 5.69 Å². The van der Waals surface area contributed by atoms with E-state index in [0.29, 0.717) is 30.0 Å². The smallest absolute Gasteiger partial charge is 0.282 e. The van der Waals surface area contributed by atoms with E-state index in [1.165, 1.54) is 27.2 Å². The van der Waals surface area contributed by atoms with Gasteiger partial charge in [0.25, 0.3) is 6.43 Å². The summed E-state index contributed by atoms with van der Waals surface area (Å²) in [5, 5.41) is 4.03. The molecule has 0 amide bonds. The highest BCUT2D eigenvalue weighted by Gasteiger charge is 2.48. The van der Waals surface area contributed by atoms with Gasteiger partial charge in [-0.05, 0) is 44.7 Å². The van der Waals surface area contributed by atoms with Crippen molar-refractivity contribution in [1.29, 1.82) is 0 Å². The average molecular weight is 465 g/mol. The van der Waals surface area contributed by atoms with Crippen LogP contribution in [-0.4, -0.2) is 71.4 Å². The average Bonchev–Trinajstić information content (AvgIpc) is 3.14. The van der Waals surface area contributed by atoms with E-state index in [4.69, 9.17) is 0 Å². The highest BCUT2D eigenvalue weighted by Crippen LogP contribution is 2.41. The summed E-state index contributed by atoms with van der Waals surface area (Å²) in [4.78, 5) is 10.4. The van der Waals surface area contributed by atoms with Gasteiger partial charge in [0.05, 0.1) is 18.1 Å². The van der Waals surface area contributed by atoms with Crippen LogP contribution in [-0.2, 0) is 10.0 Å². The Morgan fingerprint density at radius 1 is 1.31 bits per heavy atom. The van der Waals surface area contributed by atoms with Crippen molar-refractivity contribution in [3.63, 3.8) is 0 Å². The highest BCUT2D eigenvalue weighted by molar-refractivity contribution is 7.88. The number of alkyl halides is 2. The van der Waals surface area contributed by atoms with Gasteiger partial charge in [-0.25, -0.2) is 31.0 Å². The molecule has 2 aromatic rings. The van der Waals surface area contributed by atoms with Gasteiger partial charge in [0, 0.05) is 49.1 Å². The summed E-state index contributed by atoms with van der Waals surface area (Å²) in [6, 6.07) is 2.77. The molecule has 11 heteroatoms.